The van der Waals surface area contributed by atoms with E-state index >= 15 is 0 Å². The van der Waals surface area contributed by atoms with Gasteiger partial charge in [0.15, 0.2) is 9.84 Å². The number of sulfone groups is 1. The van der Waals surface area contributed by atoms with Crippen LogP contribution >= 0.6 is 0 Å². The van der Waals surface area contributed by atoms with Crippen molar-refractivity contribution in [2.24, 2.45) is 11.8 Å². The smallest absolute Gasteiger partial charge is 0.244 e. The lowest BCUT2D eigenvalue weighted by molar-refractivity contribution is -0.133. The Morgan fingerprint density at radius 3 is 2.17 bits per heavy atom. The van der Waals surface area contributed by atoms with Crippen molar-refractivity contribution in [3.05, 3.63) is 71.5 Å². The van der Waals surface area contributed by atoms with Crippen LogP contribution in [0.2, 0.25) is 0 Å². The molecule has 2 fully saturated rings. The molecule has 5 N–H and O–H groups in total. The normalized spacial score (nSPS) is 21.7. The highest BCUT2D eigenvalue weighted by atomic mass is 32.2. The summed E-state index contributed by atoms with van der Waals surface area (Å²) in [7, 11) is -3.89. The van der Waals surface area contributed by atoms with Gasteiger partial charge in [0.2, 0.25) is 17.7 Å². The van der Waals surface area contributed by atoms with Crippen molar-refractivity contribution in [1.82, 2.24) is 26.2 Å². The number of aliphatic hydroxyl groups is 1. The molecule has 0 spiro atoms. The molecule has 4 rings (SSSR count). The van der Waals surface area contributed by atoms with Gasteiger partial charge in [-0.25, -0.2) is 12.8 Å². The van der Waals surface area contributed by atoms with Crippen LogP contribution in [-0.4, -0.2) is 96.6 Å². The van der Waals surface area contributed by atoms with Crippen molar-refractivity contribution in [3.63, 3.8) is 0 Å². The molecule has 0 bridgehead atoms. The van der Waals surface area contributed by atoms with E-state index in [-0.39, 0.29) is 37.8 Å². The highest BCUT2D eigenvalue weighted by Gasteiger charge is 2.46. The van der Waals surface area contributed by atoms with E-state index in [4.69, 9.17) is 0 Å². The molecule has 1 aliphatic carbocycles. The van der Waals surface area contributed by atoms with E-state index in [0.29, 0.717) is 24.8 Å². The lowest BCUT2D eigenvalue weighted by Crippen LogP contribution is -2.64. The predicted octanol–water partition coefficient (Wildman–Crippen LogP) is 3.11. The molecular weight excluding hydrogens is 686 g/mol. The summed E-state index contributed by atoms with van der Waals surface area (Å²) in [5.74, 6) is -0.983. The lowest BCUT2D eigenvalue weighted by atomic mass is 9.72. The summed E-state index contributed by atoms with van der Waals surface area (Å²) in [5.41, 5.74) is 1.15. The minimum atomic E-state index is -3.89. The molecule has 11 nitrogen and oxygen atoms in total. The van der Waals surface area contributed by atoms with Gasteiger partial charge >= 0.3 is 0 Å². The number of amides is 3. The monoisotopic (exact) mass is 743 g/mol. The summed E-state index contributed by atoms with van der Waals surface area (Å²) in [5, 5.41) is 23.6. The van der Waals surface area contributed by atoms with Gasteiger partial charge in [-0.2, -0.15) is 0 Å². The first kappa shape index (κ1) is 41.4. The third-order valence-electron chi connectivity index (χ3n) is 10.6. The number of fused-ring (bicyclic) bond motifs is 1. The average molecular weight is 744 g/mol. The molecule has 2 unspecified atom stereocenters. The number of benzene rings is 2. The summed E-state index contributed by atoms with van der Waals surface area (Å²) >= 11 is 0. The Kier molecular flexibility index (Phi) is 14.0. The van der Waals surface area contributed by atoms with Crippen LogP contribution < -0.4 is 21.3 Å². The number of nitrogens with one attached hydrogen (secondary N) is 4. The van der Waals surface area contributed by atoms with Crippen molar-refractivity contribution in [3.8, 4) is 0 Å². The van der Waals surface area contributed by atoms with Crippen molar-refractivity contribution in [1.29, 1.82) is 0 Å². The maximum absolute atomic E-state index is 14.2. The maximum atomic E-state index is 14.2. The second-order valence-corrected chi connectivity index (χ2v) is 18.8. The topological polar surface area (TPSA) is 157 Å². The van der Waals surface area contributed by atoms with Crippen molar-refractivity contribution >= 4 is 27.6 Å². The maximum Gasteiger partial charge on any atom is 0.244 e. The molecule has 0 radical (unpaired) electrons. The summed E-state index contributed by atoms with van der Waals surface area (Å²) in [6.07, 6.45) is 5.23. The quantitative estimate of drug-likeness (QED) is 0.187. The lowest BCUT2D eigenvalue weighted by Gasteiger charge is -2.47. The Morgan fingerprint density at radius 1 is 0.923 bits per heavy atom. The highest BCUT2D eigenvalue weighted by Crippen LogP contribution is 2.39. The fraction of sp³-hybridized carbons (Fsp3) is 0.615. The van der Waals surface area contributed by atoms with Crippen LogP contribution in [0, 0.1) is 17.7 Å². The molecule has 6 atom stereocenters. The highest BCUT2D eigenvalue weighted by molar-refractivity contribution is 7.92. The first-order chi connectivity index (χ1) is 24.3. The summed E-state index contributed by atoms with van der Waals surface area (Å²) in [4.78, 5) is 43.1. The molecule has 0 aromatic heterocycles. The fourth-order valence-electron chi connectivity index (χ4n) is 7.32. The number of likely N-dealkylation sites (tertiary alicyclic amines) is 1. The van der Waals surface area contributed by atoms with Gasteiger partial charge in [-0.1, -0.05) is 61.7 Å². The Labute approximate surface area is 308 Å². The Morgan fingerprint density at radius 2 is 1.56 bits per heavy atom. The Hall–Kier alpha value is -3.39. The predicted molar refractivity (Wildman–Crippen MR) is 200 cm³/mol. The van der Waals surface area contributed by atoms with E-state index in [1.54, 1.807) is 12.1 Å². The van der Waals surface area contributed by atoms with E-state index in [2.05, 4.69) is 26.2 Å². The van der Waals surface area contributed by atoms with Crippen molar-refractivity contribution in [2.45, 2.75) is 114 Å². The van der Waals surface area contributed by atoms with Crippen LogP contribution in [0.3, 0.4) is 0 Å². The minimum absolute atomic E-state index is 0.0851. The van der Waals surface area contributed by atoms with E-state index < -0.39 is 56.2 Å². The zero-order chi connectivity index (χ0) is 38.3. The van der Waals surface area contributed by atoms with E-state index in [1.807, 2.05) is 51.1 Å². The molecule has 1 saturated heterocycles. The first-order valence-electron chi connectivity index (χ1n) is 18.4. The van der Waals surface area contributed by atoms with E-state index in [1.165, 1.54) is 26.0 Å². The summed E-state index contributed by atoms with van der Waals surface area (Å²) in [6, 6.07) is 12.3. The number of piperidine rings is 1. The van der Waals surface area contributed by atoms with Gasteiger partial charge < -0.3 is 26.4 Å². The van der Waals surface area contributed by atoms with Crippen LogP contribution in [0.1, 0.15) is 77.8 Å². The van der Waals surface area contributed by atoms with Gasteiger partial charge in [-0.15, -0.1) is 0 Å². The molecule has 13 heteroatoms. The van der Waals surface area contributed by atoms with Crippen molar-refractivity contribution in [2.75, 3.05) is 25.9 Å². The molecule has 52 heavy (non-hydrogen) atoms. The Balaban J connectivity index is 1.55. The number of rotatable bonds is 15. The second-order valence-electron chi connectivity index (χ2n) is 16.2. The number of nitrogens with zero attached hydrogens (tertiary/aromatic N) is 1. The van der Waals surface area contributed by atoms with Crippen LogP contribution in [0.4, 0.5) is 4.39 Å². The number of carbonyl (C=O) groups is 3. The molecule has 2 aliphatic rings. The van der Waals surface area contributed by atoms with Gasteiger partial charge in [-0.3, -0.25) is 19.3 Å². The third-order valence-corrected chi connectivity index (χ3v) is 12.7. The molecule has 1 saturated carbocycles. The second kappa shape index (κ2) is 17.6. The van der Waals surface area contributed by atoms with Crippen LogP contribution in [0.5, 0.6) is 0 Å². The zero-order valence-electron chi connectivity index (χ0n) is 31.5. The zero-order valence-corrected chi connectivity index (χ0v) is 32.3. The number of hydrogen-bond acceptors (Lipinski definition) is 8. The van der Waals surface area contributed by atoms with Gasteiger partial charge in [0, 0.05) is 31.4 Å². The number of aliphatic hydroxyl groups excluding tert-OH is 1. The molecule has 1 heterocycles. The third kappa shape index (κ3) is 11.6. The largest absolute Gasteiger partial charge is 0.390 e. The number of halogens is 1. The SMILES string of the molecule is CC(C)(C)NC(=O)[C@@H]1CC2CCCCC2CN1C[C@@H](O)[C@H](Cc1ccccc1)NC(=O)[C@@H](NC(=O)CNCc1ccc(F)cc1)C(C)(C)S(C)(=O)=O. The molecule has 3 amide bonds. The standard InChI is InChI=1S/C39H58FN5O6S/c1-38(2,3)44-36(48)32-21-28-14-10-11-15-29(28)24-45(32)25-33(46)31(20-26-12-8-7-9-13-26)42-37(49)35(39(4,5)52(6,50)51)43-34(47)23-41-22-27-16-18-30(40)19-17-27/h7-9,12-13,16-19,28-29,31-33,35,41,46H,10-11,14-15,20-25H2,1-6H3,(H,42,49)(H,43,47)(H,44,48)/t28?,29?,31-,32-,33+,35+/m0/s1. The van der Waals surface area contributed by atoms with Gasteiger partial charge in [-0.05, 0) is 89.0 Å². The van der Waals surface area contributed by atoms with Gasteiger partial charge in [0.05, 0.1) is 29.5 Å². The number of β-amino-alcohol motifs (C(OH)–C–C–N with tert-alkyl or cyclic N) is 1. The average Bonchev–Trinajstić information content (AvgIpc) is 3.06. The first-order valence-corrected chi connectivity index (χ1v) is 20.3. The number of hydrogen-bond donors (Lipinski definition) is 5. The van der Waals surface area contributed by atoms with Gasteiger partial charge in [0.1, 0.15) is 11.9 Å². The van der Waals surface area contributed by atoms with Crippen LogP contribution in [0.15, 0.2) is 54.6 Å². The van der Waals surface area contributed by atoms with Crippen LogP contribution in [-0.2, 0) is 37.2 Å². The minimum Gasteiger partial charge on any atom is -0.390 e. The fourth-order valence-corrected chi connectivity index (χ4v) is 7.91. The van der Waals surface area contributed by atoms with E-state index in [9.17, 15) is 32.3 Å². The molecular formula is C39H58FN5O6S. The van der Waals surface area contributed by atoms with Crippen molar-refractivity contribution < 1.29 is 32.3 Å². The summed E-state index contributed by atoms with van der Waals surface area (Å²) < 4.78 is 37.6. The van der Waals surface area contributed by atoms with Crippen LogP contribution in [0.25, 0.3) is 0 Å². The molecule has 288 valence electrons. The van der Waals surface area contributed by atoms with Gasteiger partial charge in [0.25, 0.3) is 0 Å². The molecule has 2 aromatic rings. The number of carbonyl (C=O) groups excluding carboxylic acids is 3. The Bertz CT molecular complexity index is 1620. The molecule has 1 aliphatic heterocycles. The molecule has 2 aromatic carbocycles. The summed E-state index contributed by atoms with van der Waals surface area (Å²) in [6.45, 7) is 9.38. The van der Waals surface area contributed by atoms with E-state index in [0.717, 1.165) is 43.1 Å².